The molecule has 0 amide bonds. The number of fused-ring (bicyclic) bond motifs is 1. The van der Waals surface area contributed by atoms with Gasteiger partial charge >= 0.3 is 0 Å². The molecule has 17 heavy (non-hydrogen) atoms. The van der Waals surface area contributed by atoms with Gasteiger partial charge in [-0.3, -0.25) is 0 Å². The summed E-state index contributed by atoms with van der Waals surface area (Å²) in [7, 11) is 0. The fourth-order valence-corrected chi connectivity index (χ4v) is 2.30. The van der Waals surface area contributed by atoms with Crippen LogP contribution in [0.25, 0.3) is 10.9 Å². The van der Waals surface area contributed by atoms with Crippen LogP contribution >= 0.6 is 0 Å². The van der Waals surface area contributed by atoms with Gasteiger partial charge in [0, 0.05) is 30.2 Å². The van der Waals surface area contributed by atoms with Crippen LogP contribution in [0.2, 0.25) is 0 Å². The van der Waals surface area contributed by atoms with Gasteiger partial charge in [0.25, 0.3) is 0 Å². The second kappa shape index (κ2) is 5.34. The molecule has 0 fully saturated rings. The first kappa shape index (κ1) is 12.1. The minimum Gasteiger partial charge on any atom is -0.346 e. The summed E-state index contributed by atoms with van der Waals surface area (Å²) in [5.74, 6) is 0. The molecule has 0 aliphatic rings. The summed E-state index contributed by atoms with van der Waals surface area (Å²) in [5, 5.41) is 1.35. The number of hydrogen-bond donors (Lipinski definition) is 2. The van der Waals surface area contributed by atoms with Crippen molar-refractivity contribution in [3.63, 3.8) is 0 Å². The molecule has 0 aliphatic carbocycles. The molecule has 4 N–H and O–H groups in total. The minimum atomic E-state index is 0.675. The number of aryl methyl sites for hydroxylation is 2. The van der Waals surface area contributed by atoms with Crippen molar-refractivity contribution in [3.05, 3.63) is 35.5 Å². The molecule has 0 bridgehead atoms. The first-order chi connectivity index (χ1) is 8.26. The van der Waals surface area contributed by atoms with E-state index in [0.29, 0.717) is 6.54 Å². The first-order valence-electron chi connectivity index (χ1n) is 6.24. The van der Waals surface area contributed by atoms with E-state index in [2.05, 4.69) is 35.9 Å². The zero-order valence-corrected chi connectivity index (χ0v) is 10.4. The average Bonchev–Trinajstić information content (AvgIpc) is 2.65. The Morgan fingerprint density at radius 2 is 2.00 bits per heavy atom. The highest BCUT2D eigenvalue weighted by Gasteiger charge is 2.07. The van der Waals surface area contributed by atoms with Gasteiger partial charge in [-0.25, -0.2) is 0 Å². The van der Waals surface area contributed by atoms with Crippen LogP contribution in [0, 0.1) is 6.92 Å². The number of rotatable bonds is 5. The van der Waals surface area contributed by atoms with Gasteiger partial charge in [-0.1, -0.05) is 11.6 Å². The Labute approximate surface area is 102 Å². The monoisotopic (exact) mass is 231 g/mol. The highest BCUT2D eigenvalue weighted by atomic mass is 15.0. The van der Waals surface area contributed by atoms with E-state index in [1.165, 1.54) is 22.0 Å². The molecule has 3 nitrogen and oxygen atoms in total. The second-order valence-corrected chi connectivity index (χ2v) is 4.55. The van der Waals surface area contributed by atoms with E-state index in [9.17, 15) is 0 Å². The van der Waals surface area contributed by atoms with Gasteiger partial charge in [0.2, 0.25) is 0 Å². The molecule has 0 aliphatic heterocycles. The van der Waals surface area contributed by atoms with E-state index in [4.69, 9.17) is 11.5 Å². The molecule has 1 aromatic heterocycles. The van der Waals surface area contributed by atoms with Crippen molar-refractivity contribution < 1.29 is 0 Å². The van der Waals surface area contributed by atoms with Crippen LogP contribution in [0.15, 0.2) is 24.4 Å². The summed E-state index contributed by atoms with van der Waals surface area (Å²) in [4.78, 5) is 0. The molecule has 92 valence electrons. The smallest absolute Gasteiger partial charge is 0.0483 e. The summed E-state index contributed by atoms with van der Waals surface area (Å²) < 4.78 is 2.25. The normalized spacial score (nSPS) is 11.2. The lowest BCUT2D eigenvalue weighted by atomic mass is 10.1. The molecule has 1 heterocycles. The number of nitrogens with two attached hydrogens (primary N) is 2. The Balaban J connectivity index is 2.46. The molecule has 2 rings (SSSR count). The molecular weight excluding hydrogens is 210 g/mol. The zero-order valence-electron chi connectivity index (χ0n) is 10.4. The highest BCUT2D eigenvalue weighted by Crippen LogP contribution is 2.23. The molecule has 1 aromatic carbocycles. The summed E-state index contributed by atoms with van der Waals surface area (Å²) in [6, 6.07) is 6.60. The van der Waals surface area contributed by atoms with Crippen molar-refractivity contribution >= 4 is 10.9 Å². The van der Waals surface area contributed by atoms with Gasteiger partial charge < -0.3 is 16.0 Å². The van der Waals surface area contributed by atoms with Crippen LogP contribution in [-0.4, -0.2) is 17.7 Å². The van der Waals surface area contributed by atoms with Gasteiger partial charge in [0.1, 0.15) is 0 Å². The SMILES string of the molecule is Cc1ccc2c(c1)c(CCCN)cn2CCN. The van der Waals surface area contributed by atoms with E-state index in [1.807, 2.05) is 0 Å². The predicted octanol–water partition coefficient (Wildman–Crippen LogP) is 1.80. The van der Waals surface area contributed by atoms with Crippen molar-refractivity contribution in [1.82, 2.24) is 4.57 Å². The largest absolute Gasteiger partial charge is 0.346 e. The maximum Gasteiger partial charge on any atom is 0.0483 e. The van der Waals surface area contributed by atoms with Crippen LogP contribution in [0.1, 0.15) is 17.5 Å². The van der Waals surface area contributed by atoms with Crippen molar-refractivity contribution in [3.8, 4) is 0 Å². The molecule has 0 radical (unpaired) electrons. The molecule has 3 heteroatoms. The molecule has 2 aromatic rings. The van der Waals surface area contributed by atoms with E-state index < -0.39 is 0 Å². The minimum absolute atomic E-state index is 0.675. The Kier molecular flexibility index (Phi) is 3.82. The fourth-order valence-electron chi connectivity index (χ4n) is 2.30. The van der Waals surface area contributed by atoms with Crippen molar-refractivity contribution in [2.45, 2.75) is 26.3 Å². The average molecular weight is 231 g/mol. The quantitative estimate of drug-likeness (QED) is 0.824. The third kappa shape index (κ3) is 2.51. The lowest BCUT2D eigenvalue weighted by Crippen LogP contribution is -2.08. The highest BCUT2D eigenvalue weighted by molar-refractivity contribution is 5.84. The van der Waals surface area contributed by atoms with E-state index in [-0.39, 0.29) is 0 Å². The molecule has 0 atom stereocenters. The van der Waals surface area contributed by atoms with Crippen LogP contribution in [0.4, 0.5) is 0 Å². The predicted molar refractivity (Wildman–Crippen MR) is 73.1 cm³/mol. The summed E-state index contributed by atoms with van der Waals surface area (Å²) >= 11 is 0. The van der Waals surface area contributed by atoms with Gasteiger partial charge in [0.05, 0.1) is 0 Å². The second-order valence-electron chi connectivity index (χ2n) is 4.55. The van der Waals surface area contributed by atoms with E-state index >= 15 is 0 Å². The van der Waals surface area contributed by atoms with E-state index in [1.54, 1.807) is 0 Å². The summed E-state index contributed by atoms with van der Waals surface area (Å²) in [6.45, 7) is 4.43. The molecule has 0 saturated heterocycles. The molecular formula is C14H21N3. The van der Waals surface area contributed by atoms with Gasteiger partial charge in [-0.15, -0.1) is 0 Å². The number of aromatic nitrogens is 1. The van der Waals surface area contributed by atoms with Crippen molar-refractivity contribution in [1.29, 1.82) is 0 Å². The molecule has 0 saturated carbocycles. The van der Waals surface area contributed by atoms with E-state index in [0.717, 1.165) is 25.9 Å². The summed E-state index contributed by atoms with van der Waals surface area (Å²) in [5.41, 5.74) is 15.2. The maximum atomic E-state index is 5.65. The van der Waals surface area contributed by atoms with Crippen molar-refractivity contribution in [2.75, 3.05) is 13.1 Å². The van der Waals surface area contributed by atoms with Gasteiger partial charge in [-0.2, -0.15) is 0 Å². The van der Waals surface area contributed by atoms with Crippen LogP contribution < -0.4 is 11.5 Å². The lowest BCUT2D eigenvalue weighted by Gasteiger charge is -2.02. The van der Waals surface area contributed by atoms with Crippen LogP contribution in [0.3, 0.4) is 0 Å². The van der Waals surface area contributed by atoms with Crippen LogP contribution in [-0.2, 0) is 13.0 Å². The van der Waals surface area contributed by atoms with Gasteiger partial charge in [-0.05, 0) is 44.0 Å². The fraction of sp³-hybridized carbons (Fsp3) is 0.429. The third-order valence-electron chi connectivity index (χ3n) is 3.14. The van der Waals surface area contributed by atoms with Gasteiger partial charge in [0.15, 0.2) is 0 Å². The third-order valence-corrected chi connectivity index (χ3v) is 3.14. The topological polar surface area (TPSA) is 57.0 Å². The van der Waals surface area contributed by atoms with Crippen LogP contribution in [0.5, 0.6) is 0 Å². The Morgan fingerprint density at radius 3 is 2.71 bits per heavy atom. The summed E-state index contributed by atoms with van der Waals surface area (Å²) in [6.07, 6.45) is 4.32. The number of nitrogens with zero attached hydrogens (tertiary/aromatic N) is 1. The Hall–Kier alpha value is -1.32. The first-order valence-corrected chi connectivity index (χ1v) is 6.24. The zero-order chi connectivity index (χ0) is 12.3. The number of hydrogen-bond acceptors (Lipinski definition) is 2. The van der Waals surface area contributed by atoms with Crippen molar-refractivity contribution in [2.24, 2.45) is 11.5 Å². The molecule has 0 unspecified atom stereocenters. The standard InChI is InChI=1S/C14H21N3/c1-11-4-5-14-13(9-11)12(3-2-6-15)10-17(14)8-7-16/h4-5,9-10H,2-3,6-8,15-16H2,1H3. The molecule has 0 spiro atoms. The lowest BCUT2D eigenvalue weighted by molar-refractivity contribution is 0.729. The number of benzene rings is 1. The maximum absolute atomic E-state index is 5.65. The Bertz CT molecular complexity index is 499. The Morgan fingerprint density at radius 1 is 1.18 bits per heavy atom.